The molecule has 0 radical (unpaired) electrons. The second-order valence-corrected chi connectivity index (χ2v) is 14.0. The molecule has 0 spiro atoms. The molecule has 7 nitrogen and oxygen atoms in total. The molecule has 234 valence electrons. The van der Waals surface area contributed by atoms with Gasteiger partial charge in [-0.2, -0.15) is 0 Å². The summed E-state index contributed by atoms with van der Waals surface area (Å²) >= 11 is 0. The van der Waals surface area contributed by atoms with E-state index in [0.29, 0.717) is 42.8 Å². The topological polar surface area (TPSA) is 102 Å². The van der Waals surface area contributed by atoms with Gasteiger partial charge in [0, 0.05) is 30.6 Å². The molecule has 3 fully saturated rings. The number of Topliss-reactive ketones (excluding diaryl/α,β-unsaturated/α-hetero) is 1. The summed E-state index contributed by atoms with van der Waals surface area (Å²) in [5.41, 5.74) is -0.654. The predicted molar refractivity (Wildman–Crippen MR) is 166 cm³/mol. The van der Waals surface area contributed by atoms with Crippen molar-refractivity contribution in [2.24, 2.45) is 22.7 Å². The zero-order chi connectivity index (χ0) is 31.4. The molecular formula is C37H44O7. The number of carbonyl (C=O) groups excluding carboxylic acids is 2. The molecule has 2 aromatic carbocycles. The van der Waals surface area contributed by atoms with Gasteiger partial charge in [0.05, 0.1) is 35.0 Å². The van der Waals surface area contributed by atoms with Crippen LogP contribution in [0.2, 0.25) is 0 Å². The number of allylic oxidation sites excluding steroid dienone is 1. The number of carbonyl (C=O) groups is 2. The monoisotopic (exact) mass is 600 g/mol. The third kappa shape index (κ3) is 4.93. The molecule has 1 heterocycles. The van der Waals surface area contributed by atoms with Gasteiger partial charge in [-0.15, -0.1) is 0 Å². The molecule has 44 heavy (non-hydrogen) atoms. The van der Waals surface area contributed by atoms with Crippen LogP contribution in [0.25, 0.3) is 0 Å². The van der Waals surface area contributed by atoms with Crippen molar-refractivity contribution < 1.29 is 34.0 Å². The van der Waals surface area contributed by atoms with Gasteiger partial charge < -0.3 is 24.4 Å². The fraction of sp³-hybridized carbons (Fsp3) is 0.514. The Kier molecular flexibility index (Phi) is 7.88. The second-order valence-electron chi connectivity index (χ2n) is 14.0. The summed E-state index contributed by atoms with van der Waals surface area (Å²) in [6.45, 7) is 12.2. The Bertz CT molecular complexity index is 1460. The molecule has 2 aromatic rings. The van der Waals surface area contributed by atoms with Crippen LogP contribution >= 0.6 is 0 Å². The average Bonchev–Trinajstić information content (AvgIpc) is 2.99. The Balaban J connectivity index is 1.34. The fourth-order valence-electron chi connectivity index (χ4n) is 8.38. The Morgan fingerprint density at radius 1 is 1.02 bits per heavy atom. The zero-order valence-electron chi connectivity index (χ0n) is 26.1. The van der Waals surface area contributed by atoms with Gasteiger partial charge in [-0.3, -0.25) is 4.79 Å². The highest BCUT2D eigenvalue weighted by molar-refractivity contribution is 5.94. The first kappa shape index (κ1) is 30.8. The Labute approximate surface area is 259 Å². The van der Waals surface area contributed by atoms with Gasteiger partial charge in [0.1, 0.15) is 18.3 Å². The second kappa shape index (κ2) is 11.3. The van der Waals surface area contributed by atoms with Crippen molar-refractivity contribution in [2.75, 3.05) is 6.61 Å². The summed E-state index contributed by atoms with van der Waals surface area (Å²) in [5.74, 6) is -0.685. The quantitative estimate of drug-likeness (QED) is 0.243. The van der Waals surface area contributed by atoms with Gasteiger partial charge in [0.25, 0.3) is 0 Å². The number of aliphatic hydroxyl groups is 2. The third-order valence-corrected chi connectivity index (χ3v) is 11.4. The number of benzene rings is 2. The average molecular weight is 601 g/mol. The SMILES string of the molecule is C=C(CCc1ccccc1)O[C@H]1CC2(O)CC3[C@@H]4COC4CC(OC(=O)c4ccccc4)C3(C)C(=O)C(O)C(=C1C)C2(C)C. The minimum atomic E-state index is -1.50. The molecule has 4 aliphatic rings. The number of esters is 1. The minimum absolute atomic E-state index is 0.00332. The molecule has 0 aromatic heterocycles. The molecule has 2 N–H and O–H groups in total. The number of ketones is 1. The van der Waals surface area contributed by atoms with E-state index in [2.05, 4.69) is 18.7 Å². The first-order valence-corrected chi connectivity index (χ1v) is 15.8. The summed E-state index contributed by atoms with van der Waals surface area (Å²) in [7, 11) is 0. The molecule has 1 saturated heterocycles. The molecule has 7 heteroatoms. The van der Waals surface area contributed by atoms with Crippen molar-refractivity contribution in [2.45, 2.75) is 89.8 Å². The molecule has 2 bridgehead atoms. The molecule has 8 atom stereocenters. The first-order valence-electron chi connectivity index (χ1n) is 15.8. The molecule has 6 rings (SSSR count). The summed E-state index contributed by atoms with van der Waals surface area (Å²) in [6, 6.07) is 18.8. The van der Waals surface area contributed by atoms with Gasteiger partial charge in [0.2, 0.25) is 0 Å². The van der Waals surface area contributed by atoms with Crippen LogP contribution in [0.15, 0.2) is 84.1 Å². The van der Waals surface area contributed by atoms with Crippen molar-refractivity contribution in [3.05, 3.63) is 95.3 Å². The first-order chi connectivity index (χ1) is 20.9. The Hall–Kier alpha value is -3.26. The van der Waals surface area contributed by atoms with Crippen LogP contribution in [0.5, 0.6) is 0 Å². The lowest BCUT2D eigenvalue weighted by atomic mass is 9.47. The molecule has 1 aliphatic heterocycles. The maximum Gasteiger partial charge on any atom is 0.338 e. The van der Waals surface area contributed by atoms with Crippen molar-refractivity contribution in [1.82, 2.24) is 0 Å². The van der Waals surface area contributed by atoms with E-state index in [4.69, 9.17) is 14.2 Å². The van der Waals surface area contributed by atoms with Gasteiger partial charge >= 0.3 is 5.97 Å². The van der Waals surface area contributed by atoms with Gasteiger partial charge in [-0.05, 0) is 61.4 Å². The van der Waals surface area contributed by atoms with E-state index in [1.54, 1.807) is 24.3 Å². The standard InChI is InChI=1S/C37H44O7/c1-22(16-17-24-12-8-6-9-13-24)43-29-20-37(41)19-27-26-21-42-28(26)18-30(44-34(40)25-14-10-7-11-15-25)36(27,5)33(39)32(38)31(23(29)2)35(37,3)4/h6-15,26-30,32,38,41H,1,16-21H2,2-5H3/t26-,27?,28?,29-,30?,32?,36?,37?/m0/s1. The highest BCUT2D eigenvalue weighted by atomic mass is 16.6. The van der Waals surface area contributed by atoms with E-state index < -0.39 is 40.7 Å². The van der Waals surface area contributed by atoms with Crippen LogP contribution < -0.4 is 0 Å². The predicted octanol–water partition coefficient (Wildman–Crippen LogP) is 5.60. The highest BCUT2D eigenvalue weighted by Crippen LogP contribution is 2.61. The van der Waals surface area contributed by atoms with Crippen LogP contribution in [0.1, 0.15) is 69.3 Å². The number of rotatable bonds is 7. The number of ether oxygens (including phenoxy) is 3. The number of aryl methyl sites for hydroxylation is 1. The summed E-state index contributed by atoms with van der Waals surface area (Å²) in [6.07, 6.45) is -0.727. The smallest absolute Gasteiger partial charge is 0.338 e. The molecule has 6 unspecified atom stereocenters. The van der Waals surface area contributed by atoms with E-state index >= 15 is 0 Å². The fourth-order valence-corrected chi connectivity index (χ4v) is 8.38. The number of fused-ring (bicyclic) bond motifs is 5. The van der Waals surface area contributed by atoms with E-state index in [1.165, 1.54) is 5.56 Å². The van der Waals surface area contributed by atoms with Crippen LogP contribution in [0.3, 0.4) is 0 Å². The van der Waals surface area contributed by atoms with Gasteiger partial charge in [-0.1, -0.05) is 69.0 Å². The van der Waals surface area contributed by atoms with E-state index in [-0.39, 0.29) is 30.1 Å². The zero-order valence-corrected chi connectivity index (χ0v) is 26.1. The maximum atomic E-state index is 14.6. The molecule has 3 aliphatic carbocycles. The van der Waals surface area contributed by atoms with E-state index in [9.17, 15) is 19.8 Å². The summed E-state index contributed by atoms with van der Waals surface area (Å²) in [5, 5.41) is 24.7. The van der Waals surface area contributed by atoms with E-state index in [1.807, 2.05) is 52.0 Å². The lowest BCUT2D eigenvalue weighted by Crippen LogP contribution is -2.69. The van der Waals surface area contributed by atoms with Crippen molar-refractivity contribution in [3.63, 3.8) is 0 Å². The van der Waals surface area contributed by atoms with Crippen LogP contribution in [0, 0.1) is 22.7 Å². The number of hydrogen-bond donors (Lipinski definition) is 2. The van der Waals surface area contributed by atoms with E-state index in [0.717, 1.165) is 12.0 Å². The van der Waals surface area contributed by atoms with Crippen molar-refractivity contribution in [3.8, 4) is 0 Å². The summed E-state index contributed by atoms with van der Waals surface area (Å²) in [4.78, 5) is 27.9. The summed E-state index contributed by atoms with van der Waals surface area (Å²) < 4.78 is 18.5. The lowest BCUT2D eigenvalue weighted by molar-refractivity contribution is -0.243. The lowest BCUT2D eigenvalue weighted by Gasteiger charge is -2.62. The normalized spacial score (nSPS) is 35.7. The molecule has 0 amide bonds. The van der Waals surface area contributed by atoms with Crippen LogP contribution in [-0.2, 0) is 25.4 Å². The van der Waals surface area contributed by atoms with Crippen molar-refractivity contribution >= 4 is 11.8 Å². The largest absolute Gasteiger partial charge is 0.491 e. The Morgan fingerprint density at radius 3 is 2.32 bits per heavy atom. The minimum Gasteiger partial charge on any atom is -0.491 e. The van der Waals surface area contributed by atoms with Gasteiger partial charge in [0.15, 0.2) is 5.78 Å². The maximum absolute atomic E-state index is 14.6. The highest BCUT2D eigenvalue weighted by Gasteiger charge is 2.68. The van der Waals surface area contributed by atoms with Crippen LogP contribution in [-0.4, -0.2) is 58.6 Å². The van der Waals surface area contributed by atoms with Gasteiger partial charge in [-0.25, -0.2) is 4.79 Å². The number of hydrogen-bond acceptors (Lipinski definition) is 7. The van der Waals surface area contributed by atoms with Crippen molar-refractivity contribution in [1.29, 1.82) is 0 Å². The molecule has 2 saturated carbocycles. The van der Waals surface area contributed by atoms with Crippen LogP contribution in [0.4, 0.5) is 0 Å². The third-order valence-electron chi connectivity index (χ3n) is 11.4. The Morgan fingerprint density at radius 2 is 1.68 bits per heavy atom. The number of aliphatic hydroxyl groups excluding tert-OH is 1. The molecular weight excluding hydrogens is 556 g/mol.